The zero-order valence-electron chi connectivity index (χ0n) is 15.1. The summed E-state index contributed by atoms with van der Waals surface area (Å²) in [6.45, 7) is 6.54. The number of rotatable bonds is 3. The smallest absolute Gasteiger partial charge is 0.410 e. The molecule has 0 aromatic heterocycles. The Labute approximate surface area is 153 Å². The number of halogens is 1. The minimum absolute atomic E-state index is 0.00645. The van der Waals surface area contributed by atoms with Gasteiger partial charge in [0.15, 0.2) is 0 Å². The highest BCUT2D eigenvalue weighted by Crippen LogP contribution is 2.19. The van der Waals surface area contributed by atoms with Crippen molar-refractivity contribution in [3.05, 3.63) is 59.4 Å². The van der Waals surface area contributed by atoms with Crippen molar-refractivity contribution in [1.29, 1.82) is 0 Å². The molecule has 2 aromatic carbocycles. The molecule has 6 heteroatoms. The Morgan fingerprint density at radius 2 is 2.08 bits per heavy atom. The molecule has 1 heterocycles. The minimum Gasteiger partial charge on any atom is -0.410 e. The van der Waals surface area contributed by atoms with E-state index in [0.717, 1.165) is 11.1 Å². The van der Waals surface area contributed by atoms with Gasteiger partial charge in [0.2, 0.25) is 0 Å². The number of carbonyl (C=O) groups excluding carboxylic acids is 1. The first-order valence-corrected chi connectivity index (χ1v) is 8.73. The molecule has 26 heavy (non-hydrogen) atoms. The summed E-state index contributed by atoms with van der Waals surface area (Å²) in [5, 5.41) is 0. The van der Waals surface area contributed by atoms with Gasteiger partial charge in [0.1, 0.15) is 11.6 Å². The van der Waals surface area contributed by atoms with Crippen molar-refractivity contribution in [2.24, 2.45) is 0 Å². The van der Waals surface area contributed by atoms with E-state index in [1.807, 2.05) is 19.9 Å². The number of amides is 1. The zero-order valence-corrected chi connectivity index (χ0v) is 15.1. The number of hydrogen-bond donors (Lipinski definition) is 1. The molecule has 1 atom stereocenters. The van der Waals surface area contributed by atoms with Gasteiger partial charge in [-0.15, -0.1) is 0 Å². The molecular formula is C20H24FN3O2. The third kappa shape index (κ3) is 4.52. The minimum atomic E-state index is -0.371. The van der Waals surface area contributed by atoms with Crippen molar-refractivity contribution in [2.75, 3.05) is 25.4 Å². The molecule has 1 aliphatic rings. The van der Waals surface area contributed by atoms with E-state index in [4.69, 9.17) is 10.5 Å². The quantitative estimate of drug-likeness (QED) is 0.855. The van der Waals surface area contributed by atoms with Gasteiger partial charge in [-0.05, 0) is 49.2 Å². The molecule has 1 saturated heterocycles. The third-order valence-corrected chi connectivity index (χ3v) is 4.52. The van der Waals surface area contributed by atoms with Crippen LogP contribution in [0.4, 0.5) is 14.9 Å². The van der Waals surface area contributed by atoms with Crippen molar-refractivity contribution >= 4 is 11.8 Å². The third-order valence-electron chi connectivity index (χ3n) is 4.52. The number of hydrogen-bond acceptors (Lipinski definition) is 4. The molecule has 1 aliphatic heterocycles. The Balaban J connectivity index is 1.58. The van der Waals surface area contributed by atoms with Crippen LogP contribution in [0.3, 0.4) is 0 Å². The summed E-state index contributed by atoms with van der Waals surface area (Å²) < 4.78 is 19.0. The lowest BCUT2D eigenvalue weighted by atomic mass is 10.1. The molecule has 2 aromatic rings. The monoisotopic (exact) mass is 357 g/mol. The lowest BCUT2D eigenvalue weighted by Gasteiger charge is -2.39. The molecule has 138 valence electrons. The van der Waals surface area contributed by atoms with E-state index in [1.165, 1.54) is 6.07 Å². The van der Waals surface area contributed by atoms with Crippen LogP contribution in [0.1, 0.15) is 18.1 Å². The van der Waals surface area contributed by atoms with E-state index in [2.05, 4.69) is 4.90 Å². The summed E-state index contributed by atoms with van der Waals surface area (Å²) in [4.78, 5) is 16.4. The number of aryl methyl sites for hydroxylation is 1. The van der Waals surface area contributed by atoms with Crippen LogP contribution in [0.2, 0.25) is 0 Å². The maximum atomic E-state index is 13.6. The SMILES string of the molecule is Cc1cc(F)cc(CN2CCN(C(=O)Oc3cccc(N)c3)[C@H](C)C2)c1. The first kappa shape index (κ1) is 18.2. The topological polar surface area (TPSA) is 58.8 Å². The Bertz CT molecular complexity index is 776. The van der Waals surface area contributed by atoms with Crippen LogP contribution in [0.15, 0.2) is 42.5 Å². The molecular weight excluding hydrogens is 333 g/mol. The number of carbonyl (C=O) groups is 1. The van der Waals surface area contributed by atoms with Crippen molar-refractivity contribution in [3.63, 3.8) is 0 Å². The molecule has 1 amide bonds. The van der Waals surface area contributed by atoms with Gasteiger partial charge < -0.3 is 15.4 Å². The van der Waals surface area contributed by atoms with Gasteiger partial charge in [-0.2, -0.15) is 0 Å². The van der Waals surface area contributed by atoms with Gasteiger partial charge >= 0.3 is 6.09 Å². The van der Waals surface area contributed by atoms with Gasteiger partial charge in [-0.25, -0.2) is 9.18 Å². The second-order valence-electron chi connectivity index (χ2n) is 6.85. The average molecular weight is 357 g/mol. The van der Waals surface area contributed by atoms with Crippen LogP contribution in [-0.2, 0) is 6.54 Å². The molecule has 3 rings (SSSR count). The Hall–Kier alpha value is -2.60. The molecule has 2 N–H and O–H groups in total. The summed E-state index contributed by atoms with van der Waals surface area (Å²) in [6.07, 6.45) is -0.371. The Morgan fingerprint density at radius 3 is 2.77 bits per heavy atom. The number of nitrogens with zero attached hydrogens (tertiary/aromatic N) is 2. The molecule has 0 aliphatic carbocycles. The van der Waals surface area contributed by atoms with Crippen LogP contribution >= 0.6 is 0 Å². The highest BCUT2D eigenvalue weighted by atomic mass is 19.1. The van der Waals surface area contributed by atoms with Gasteiger partial charge in [0.25, 0.3) is 0 Å². The largest absolute Gasteiger partial charge is 0.415 e. The predicted octanol–water partition coefficient (Wildman–Crippen LogP) is 3.42. The maximum Gasteiger partial charge on any atom is 0.415 e. The Kier molecular flexibility index (Phi) is 5.42. The van der Waals surface area contributed by atoms with E-state index in [-0.39, 0.29) is 18.0 Å². The lowest BCUT2D eigenvalue weighted by Crippen LogP contribution is -2.54. The molecule has 0 unspecified atom stereocenters. The fourth-order valence-corrected chi connectivity index (χ4v) is 3.35. The standard InChI is InChI=1S/C20H24FN3O2/c1-14-8-16(10-17(21)9-14)13-23-6-7-24(15(2)12-23)20(25)26-19-5-3-4-18(22)11-19/h3-5,8-11,15H,6-7,12-13,22H2,1-2H3/t15-/m1/s1. The summed E-state index contributed by atoms with van der Waals surface area (Å²) in [6, 6.07) is 11.9. The van der Waals surface area contributed by atoms with Crippen LogP contribution < -0.4 is 10.5 Å². The van der Waals surface area contributed by atoms with Crippen molar-refractivity contribution in [1.82, 2.24) is 9.80 Å². The number of ether oxygens (including phenoxy) is 1. The second kappa shape index (κ2) is 7.74. The summed E-state index contributed by atoms with van der Waals surface area (Å²) in [7, 11) is 0. The lowest BCUT2D eigenvalue weighted by molar-refractivity contribution is 0.0752. The number of nitrogens with two attached hydrogens (primary N) is 1. The summed E-state index contributed by atoms with van der Waals surface area (Å²) in [5.74, 6) is 0.234. The van der Waals surface area contributed by atoms with Crippen LogP contribution in [-0.4, -0.2) is 41.6 Å². The predicted molar refractivity (Wildman–Crippen MR) is 99.5 cm³/mol. The highest BCUT2D eigenvalue weighted by Gasteiger charge is 2.28. The summed E-state index contributed by atoms with van der Waals surface area (Å²) >= 11 is 0. The first-order valence-electron chi connectivity index (χ1n) is 8.73. The van der Waals surface area contributed by atoms with Gasteiger partial charge in [-0.1, -0.05) is 12.1 Å². The van der Waals surface area contributed by atoms with Gasteiger partial charge in [-0.3, -0.25) is 4.90 Å². The van der Waals surface area contributed by atoms with E-state index >= 15 is 0 Å². The fourth-order valence-electron chi connectivity index (χ4n) is 3.35. The van der Waals surface area contributed by atoms with Crippen molar-refractivity contribution in [2.45, 2.75) is 26.4 Å². The Morgan fingerprint density at radius 1 is 1.27 bits per heavy atom. The number of nitrogen functional groups attached to an aromatic ring is 1. The molecule has 5 nitrogen and oxygen atoms in total. The molecule has 0 spiro atoms. The average Bonchev–Trinajstić information content (AvgIpc) is 2.53. The number of piperazine rings is 1. The first-order chi connectivity index (χ1) is 12.4. The van der Waals surface area contributed by atoms with Gasteiger partial charge in [0.05, 0.1) is 0 Å². The maximum absolute atomic E-state index is 13.6. The van der Waals surface area contributed by atoms with E-state index < -0.39 is 0 Å². The van der Waals surface area contributed by atoms with Crippen LogP contribution in [0.25, 0.3) is 0 Å². The van der Waals surface area contributed by atoms with Crippen LogP contribution in [0, 0.1) is 12.7 Å². The molecule has 1 fully saturated rings. The summed E-state index contributed by atoms with van der Waals surface area (Å²) in [5.41, 5.74) is 8.13. The molecule has 0 radical (unpaired) electrons. The second-order valence-corrected chi connectivity index (χ2v) is 6.85. The number of benzene rings is 2. The van der Waals surface area contributed by atoms with Crippen molar-refractivity contribution in [3.8, 4) is 5.75 Å². The van der Waals surface area contributed by atoms with E-state index in [1.54, 1.807) is 35.2 Å². The fraction of sp³-hybridized carbons (Fsp3) is 0.350. The van der Waals surface area contributed by atoms with E-state index in [9.17, 15) is 9.18 Å². The molecule has 0 saturated carbocycles. The van der Waals surface area contributed by atoms with Gasteiger partial charge in [0, 0.05) is 44.0 Å². The van der Waals surface area contributed by atoms with E-state index in [0.29, 0.717) is 37.6 Å². The molecule has 0 bridgehead atoms. The zero-order chi connectivity index (χ0) is 18.7. The van der Waals surface area contributed by atoms with Crippen LogP contribution in [0.5, 0.6) is 5.75 Å². The normalized spacial score (nSPS) is 18.0. The highest BCUT2D eigenvalue weighted by molar-refractivity contribution is 5.71. The van der Waals surface area contributed by atoms with Crippen molar-refractivity contribution < 1.29 is 13.9 Å². The number of anilines is 1.